The number of carbonyl (C=O) groups excluding carboxylic acids is 1. The van der Waals surface area contributed by atoms with Gasteiger partial charge in [0.05, 0.1) is 6.61 Å². The van der Waals surface area contributed by atoms with Gasteiger partial charge >= 0.3 is 5.97 Å². The molecule has 0 saturated carbocycles. The molecule has 0 aliphatic rings. The number of nitrogens with one attached hydrogen (secondary N) is 1. The standard InChI is InChI=1S/C15H19NO4/c1-2-3-9-13(15(18)19)16-14(17)11-20-10-12-7-5-4-6-8-12/h2,4-8,13H,1,3,9-11H2,(H,16,17)(H,18,19). The van der Waals surface area contributed by atoms with Crippen LogP contribution in [0.5, 0.6) is 0 Å². The molecule has 0 aromatic heterocycles. The number of hydrogen-bond donors (Lipinski definition) is 2. The molecule has 0 fully saturated rings. The van der Waals surface area contributed by atoms with Gasteiger partial charge in [0.2, 0.25) is 5.91 Å². The van der Waals surface area contributed by atoms with Crippen LogP contribution in [-0.4, -0.2) is 29.6 Å². The van der Waals surface area contributed by atoms with Crippen molar-refractivity contribution in [3.05, 3.63) is 48.6 Å². The van der Waals surface area contributed by atoms with E-state index in [0.717, 1.165) is 5.56 Å². The lowest BCUT2D eigenvalue weighted by Gasteiger charge is -2.13. The second-order valence-corrected chi connectivity index (χ2v) is 4.30. The Morgan fingerprint density at radius 3 is 2.65 bits per heavy atom. The van der Waals surface area contributed by atoms with Crippen LogP contribution < -0.4 is 5.32 Å². The maximum Gasteiger partial charge on any atom is 0.326 e. The van der Waals surface area contributed by atoms with E-state index in [4.69, 9.17) is 9.84 Å². The minimum Gasteiger partial charge on any atom is -0.480 e. The Balaban J connectivity index is 2.31. The zero-order valence-electron chi connectivity index (χ0n) is 11.2. The second-order valence-electron chi connectivity index (χ2n) is 4.30. The molecule has 0 aliphatic carbocycles. The van der Waals surface area contributed by atoms with E-state index in [2.05, 4.69) is 11.9 Å². The predicted octanol–water partition coefficient (Wildman–Crippen LogP) is 1.74. The molecule has 0 bridgehead atoms. The molecule has 108 valence electrons. The van der Waals surface area contributed by atoms with E-state index in [0.29, 0.717) is 19.4 Å². The van der Waals surface area contributed by atoms with Crippen molar-refractivity contribution in [3.63, 3.8) is 0 Å². The van der Waals surface area contributed by atoms with Crippen molar-refractivity contribution in [2.45, 2.75) is 25.5 Å². The van der Waals surface area contributed by atoms with E-state index in [1.807, 2.05) is 30.3 Å². The first kappa shape index (κ1) is 15.9. The summed E-state index contributed by atoms with van der Waals surface area (Å²) in [5.74, 6) is -1.49. The quantitative estimate of drug-likeness (QED) is 0.674. The van der Waals surface area contributed by atoms with Crippen LogP contribution in [0.25, 0.3) is 0 Å². The molecule has 1 aromatic rings. The van der Waals surface area contributed by atoms with Crippen molar-refractivity contribution < 1.29 is 19.4 Å². The predicted molar refractivity (Wildman–Crippen MR) is 75.1 cm³/mol. The monoisotopic (exact) mass is 277 g/mol. The molecule has 0 heterocycles. The molecule has 1 rings (SSSR count). The fourth-order valence-electron chi connectivity index (χ4n) is 1.61. The van der Waals surface area contributed by atoms with E-state index in [1.54, 1.807) is 6.08 Å². The zero-order valence-corrected chi connectivity index (χ0v) is 11.2. The highest BCUT2D eigenvalue weighted by Gasteiger charge is 2.18. The summed E-state index contributed by atoms with van der Waals surface area (Å²) in [6, 6.07) is 8.54. The topological polar surface area (TPSA) is 75.6 Å². The van der Waals surface area contributed by atoms with Gasteiger partial charge in [-0.3, -0.25) is 4.79 Å². The van der Waals surface area contributed by atoms with Gasteiger partial charge in [-0.1, -0.05) is 36.4 Å². The minimum atomic E-state index is -1.05. The highest BCUT2D eigenvalue weighted by molar-refractivity contribution is 5.84. The van der Waals surface area contributed by atoms with Crippen molar-refractivity contribution in [1.82, 2.24) is 5.32 Å². The summed E-state index contributed by atoms with van der Waals surface area (Å²) in [6.45, 7) is 3.68. The van der Waals surface area contributed by atoms with Gasteiger partial charge in [0, 0.05) is 0 Å². The van der Waals surface area contributed by atoms with Crippen molar-refractivity contribution in [2.75, 3.05) is 6.61 Å². The molecule has 0 saturated heterocycles. The lowest BCUT2D eigenvalue weighted by molar-refractivity contribution is -0.142. The van der Waals surface area contributed by atoms with Crippen LogP contribution >= 0.6 is 0 Å². The molecule has 2 N–H and O–H groups in total. The minimum absolute atomic E-state index is 0.160. The normalized spacial score (nSPS) is 11.6. The summed E-state index contributed by atoms with van der Waals surface area (Å²) in [5.41, 5.74) is 0.960. The molecule has 20 heavy (non-hydrogen) atoms. The number of carbonyl (C=O) groups is 2. The first-order valence-corrected chi connectivity index (χ1v) is 6.38. The summed E-state index contributed by atoms with van der Waals surface area (Å²) in [6.07, 6.45) is 2.47. The van der Waals surface area contributed by atoms with Gasteiger partial charge in [-0.2, -0.15) is 0 Å². The molecule has 1 atom stereocenters. The number of ether oxygens (including phenoxy) is 1. The molecule has 0 radical (unpaired) electrons. The van der Waals surface area contributed by atoms with Gasteiger partial charge in [0.15, 0.2) is 0 Å². The lowest BCUT2D eigenvalue weighted by atomic mass is 10.1. The Morgan fingerprint density at radius 2 is 2.05 bits per heavy atom. The number of rotatable bonds is 9. The molecular weight excluding hydrogens is 258 g/mol. The maximum absolute atomic E-state index is 11.6. The molecule has 1 aromatic carbocycles. The van der Waals surface area contributed by atoms with Crippen LogP contribution in [0.3, 0.4) is 0 Å². The molecule has 1 unspecified atom stereocenters. The number of allylic oxidation sites excluding steroid dienone is 1. The first-order valence-electron chi connectivity index (χ1n) is 6.38. The highest BCUT2D eigenvalue weighted by Crippen LogP contribution is 2.01. The SMILES string of the molecule is C=CCCC(NC(=O)COCc1ccccc1)C(=O)O. The average molecular weight is 277 g/mol. The van der Waals surface area contributed by atoms with E-state index >= 15 is 0 Å². The van der Waals surface area contributed by atoms with Gasteiger partial charge in [0.25, 0.3) is 0 Å². The smallest absolute Gasteiger partial charge is 0.326 e. The number of hydrogen-bond acceptors (Lipinski definition) is 3. The Labute approximate surface area is 118 Å². The van der Waals surface area contributed by atoms with E-state index < -0.39 is 17.9 Å². The summed E-state index contributed by atoms with van der Waals surface area (Å²) in [5, 5.41) is 11.4. The molecule has 0 spiro atoms. The van der Waals surface area contributed by atoms with Crippen molar-refractivity contribution in [1.29, 1.82) is 0 Å². The third-order valence-corrected chi connectivity index (χ3v) is 2.64. The van der Waals surface area contributed by atoms with Gasteiger partial charge in [-0.05, 0) is 18.4 Å². The maximum atomic E-state index is 11.6. The van der Waals surface area contributed by atoms with Crippen LogP contribution in [-0.2, 0) is 20.9 Å². The highest BCUT2D eigenvalue weighted by atomic mass is 16.5. The first-order chi connectivity index (χ1) is 9.63. The fraction of sp³-hybridized carbons (Fsp3) is 0.333. The van der Waals surface area contributed by atoms with Crippen LogP contribution in [0.1, 0.15) is 18.4 Å². The van der Waals surface area contributed by atoms with Gasteiger partial charge in [-0.25, -0.2) is 4.79 Å². The average Bonchev–Trinajstić information content (AvgIpc) is 2.44. The van der Waals surface area contributed by atoms with Crippen LogP contribution in [0, 0.1) is 0 Å². The number of carboxylic acids is 1. The Morgan fingerprint density at radius 1 is 1.35 bits per heavy atom. The summed E-state index contributed by atoms with van der Waals surface area (Å²) < 4.78 is 5.24. The molecule has 0 aliphatic heterocycles. The number of amides is 1. The number of aliphatic carboxylic acids is 1. The van der Waals surface area contributed by atoms with Gasteiger partial charge in [0.1, 0.15) is 12.6 Å². The summed E-state index contributed by atoms with van der Waals surface area (Å²) in [4.78, 5) is 22.5. The molecule has 5 nitrogen and oxygen atoms in total. The summed E-state index contributed by atoms with van der Waals surface area (Å²) >= 11 is 0. The van der Waals surface area contributed by atoms with E-state index in [9.17, 15) is 9.59 Å². The largest absolute Gasteiger partial charge is 0.480 e. The molecule has 5 heteroatoms. The van der Waals surface area contributed by atoms with Crippen molar-refractivity contribution in [3.8, 4) is 0 Å². The number of carboxylic acid groups (broad SMARTS) is 1. The van der Waals surface area contributed by atoms with Crippen LogP contribution in [0.15, 0.2) is 43.0 Å². The number of benzene rings is 1. The third kappa shape index (κ3) is 6.15. The fourth-order valence-corrected chi connectivity index (χ4v) is 1.61. The zero-order chi connectivity index (χ0) is 14.8. The van der Waals surface area contributed by atoms with Crippen LogP contribution in [0.4, 0.5) is 0 Å². The lowest BCUT2D eigenvalue weighted by Crippen LogP contribution is -2.42. The Hall–Kier alpha value is -2.14. The van der Waals surface area contributed by atoms with E-state index in [1.165, 1.54) is 0 Å². The summed E-state index contributed by atoms with van der Waals surface area (Å²) in [7, 11) is 0. The van der Waals surface area contributed by atoms with Gasteiger partial charge in [-0.15, -0.1) is 6.58 Å². The molecule has 1 amide bonds. The Bertz CT molecular complexity index is 444. The van der Waals surface area contributed by atoms with Crippen LogP contribution in [0.2, 0.25) is 0 Å². The third-order valence-electron chi connectivity index (χ3n) is 2.64. The molecular formula is C15H19NO4. The Kier molecular flexibility index (Phi) is 7.06. The second kappa shape index (κ2) is 8.87. The van der Waals surface area contributed by atoms with E-state index in [-0.39, 0.29) is 6.61 Å². The van der Waals surface area contributed by atoms with Crippen molar-refractivity contribution >= 4 is 11.9 Å². The van der Waals surface area contributed by atoms with Gasteiger partial charge < -0.3 is 15.2 Å². The van der Waals surface area contributed by atoms with Crippen molar-refractivity contribution in [2.24, 2.45) is 0 Å².